The second-order valence-electron chi connectivity index (χ2n) is 34.5. The zero-order valence-corrected chi connectivity index (χ0v) is 69.8. The second-order valence-corrected chi connectivity index (χ2v) is 34.5. The molecule has 4 N–H and O–H groups in total. The van der Waals surface area contributed by atoms with Crippen LogP contribution in [0.2, 0.25) is 0 Å². The lowest BCUT2D eigenvalue weighted by molar-refractivity contribution is -0.123. The molecule has 18 rings (SSSR count). The lowest BCUT2D eigenvalue weighted by Crippen LogP contribution is -2.49. The number of carbonyl (C=O) groups excluding carboxylic acids is 6. The number of rotatable bonds is 22. The van der Waals surface area contributed by atoms with Gasteiger partial charge in [-0.3, -0.25) is 43.7 Å². The standard InChI is InChI=1S/C34H34FN3O4.C33H32FN3O3.C32H31FN4O3/c1-34(2,19-42-3)32-31(21-4-6-22(7-5-21)33(41)37-28-12-20(18-39)13-30(28)40)27-14-23-16-36-17-24(23)15-29(27)38(32)26-10-8-25(35)9-11-26;1-33(2,19-40-3)32-31(22-6-4-21(5-7-22)29(38)12-20-13-30(39)36-16-20)27-14-23-17-35-18-24(23)15-28(27)37(32)26-10-8-25(34)9-11-26;1-32(2,19-40-3)30-29(20-4-6-21(7-5-20)31(39)36-13-12-35-28(38)18-36)26-14-22-16-34-17-23(22)15-27(26)37(30)25-10-8-24(33)9-11-25/h4-11,14-15,17,20,28,39H,12-13,16,18-19H2,1-3H3,(H,37,41);4-11,14-15,18,20H,12-13,16-17,19H2,1-3H3,(H,36,39);4-11,14-15,17H,12-13,16,18-19H2,1-3H3,(H,35,38)/t20-,28+;;/m1../s1. The van der Waals surface area contributed by atoms with Crippen LogP contribution >= 0.6 is 0 Å². The van der Waals surface area contributed by atoms with Crippen LogP contribution in [0.4, 0.5) is 13.2 Å². The van der Waals surface area contributed by atoms with Crippen LogP contribution in [0.1, 0.15) is 149 Å². The van der Waals surface area contributed by atoms with E-state index < -0.39 is 22.3 Å². The third-order valence-corrected chi connectivity index (χ3v) is 24.1. The molecule has 3 aromatic heterocycles. The predicted octanol–water partition coefficient (Wildman–Crippen LogP) is 16.2. The van der Waals surface area contributed by atoms with Gasteiger partial charge in [0, 0.05) is 185 Å². The molecule has 6 aliphatic rings. The number of nitrogens with one attached hydrogen (secondary N) is 3. The fraction of sp³-hybridized carbons (Fsp3) is 0.303. The number of benzene rings is 9. The highest BCUT2D eigenvalue weighted by Crippen LogP contribution is 2.49. The van der Waals surface area contributed by atoms with E-state index in [-0.39, 0.29) is 84.1 Å². The van der Waals surface area contributed by atoms with Crippen molar-refractivity contribution in [3.8, 4) is 50.4 Å². The molecule has 3 fully saturated rings. The molecule has 20 nitrogen and oxygen atoms in total. The maximum absolute atomic E-state index is 14.0. The third-order valence-electron chi connectivity index (χ3n) is 24.1. The number of amides is 4. The van der Waals surface area contributed by atoms with Gasteiger partial charge in [0.15, 0.2) is 11.6 Å². The van der Waals surface area contributed by atoms with Gasteiger partial charge >= 0.3 is 0 Å². The summed E-state index contributed by atoms with van der Waals surface area (Å²) in [7, 11) is 5.08. The summed E-state index contributed by atoms with van der Waals surface area (Å²) in [5, 5.41) is 21.0. The molecule has 5 aliphatic heterocycles. The largest absolute Gasteiger partial charge is 0.396 e. The number of halogens is 3. The molecule has 1 unspecified atom stereocenters. The van der Waals surface area contributed by atoms with Crippen molar-refractivity contribution in [2.24, 2.45) is 26.8 Å². The van der Waals surface area contributed by atoms with Gasteiger partial charge in [0.2, 0.25) is 11.8 Å². The molecular formula is C99H97F3N10O10. The number of ether oxygens (including phenoxy) is 3. The first kappa shape index (κ1) is 83.1. The maximum atomic E-state index is 14.0. The van der Waals surface area contributed by atoms with Crippen molar-refractivity contribution in [1.29, 1.82) is 0 Å². The highest BCUT2D eigenvalue weighted by Gasteiger charge is 2.39. The molecule has 3 atom stereocenters. The molecule has 122 heavy (non-hydrogen) atoms. The summed E-state index contributed by atoms with van der Waals surface area (Å²) in [6.45, 7) is 17.6. The number of aliphatic hydroxyl groups excluding tert-OH is 1. The summed E-state index contributed by atoms with van der Waals surface area (Å²) >= 11 is 0. The van der Waals surface area contributed by atoms with E-state index in [2.05, 4.69) is 123 Å². The van der Waals surface area contributed by atoms with Crippen LogP contribution in [0.3, 0.4) is 0 Å². The van der Waals surface area contributed by atoms with Gasteiger partial charge in [-0.25, -0.2) is 13.2 Å². The van der Waals surface area contributed by atoms with Gasteiger partial charge in [0.25, 0.3) is 11.8 Å². The number of carbonyl (C=O) groups is 6. The fourth-order valence-corrected chi connectivity index (χ4v) is 18.4. The quantitative estimate of drug-likeness (QED) is 0.0468. The molecule has 624 valence electrons. The van der Waals surface area contributed by atoms with Crippen LogP contribution < -0.4 is 16.0 Å². The fourth-order valence-electron chi connectivity index (χ4n) is 18.4. The average Bonchev–Trinajstić information content (AvgIpc) is 1.57. The predicted molar refractivity (Wildman–Crippen MR) is 470 cm³/mol. The van der Waals surface area contributed by atoms with E-state index >= 15 is 0 Å². The number of aliphatic imine (C=N–C) groups is 3. The zero-order valence-electron chi connectivity index (χ0n) is 69.8. The summed E-state index contributed by atoms with van der Waals surface area (Å²) in [6, 6.07) is 54.9. The number of ketones is 2. The van der Waals surface area contributed by atoms with E-state index in [1.54, 1.807) is 74.8 Å². The van der Waals surface area contributed by atoms with Crippen molar-refractivity contribution in [2.75, 3.05) is 73.9 Å². The van der Waals surface area contributed by atoms with E-state index in [4.69, 9.17) is 14.2 Å². The number of fused-ring (bicyclic) bond motifs is 6. The molecule has 8 heterocycles. The lowest BCUT2D eigenvalue weighted by Gasteiger charge is -2.28. The van der Waals surface area contributed by atoms with Crippen LogP contribution in [-0.4, -0.2) is 158 Å². The number of piperazine rings is 1. The minimum absolute atomic E-state index is 0.00813. The monoisotopic (exact) mass is 1640 g/mol. The molecule has 2 saturated heterocycles. The number of Topliss-reactive ketones (excluding diaryl/α,β-unsaturated/α-hetero) is 2. The summed E-state index contributed by atoms with van der Waals surface area (Å²) in [4.78, 5) is 89.9. The van der Waals surface area contributed by atoms with E-state index in [1.165, 1.54) is 36.4 Å². The SMILES string of the molecule is COCC(C)(C)c1c(-c2ccc(C(=O)CC3CNC(=O)C3)cc2)c2cc3c(cc2n1-c1ccc(F)cc1)C=NC3.COCC(C)(C)c1c(-c2ccc(C(=O)N3CCNC(=O)C3)cc2)c2cc3c(cc2n1-c1ccc(F)cc1)C=NC3.COCC(C)(C)c1c(-c2ccc(C(=O)N[C@H]3C[C@@H](CO)CC3=O)cc2)c2cc3c(cc2n1-c1ccc(F)cc1)C=NC3. The molecule has 0 radical (unpaired) electrons. The molecule has 0 spiro atoms. The smallest absolute Gasteiger partial charge is 0.254 e. The Labute approximate surface area is 705 Å². The van der Waals surface area contributed by atoms with Crippen LogP contribution in [-0.2, 0) is 64.5 Å². The Balaban J connectivity index is 0.000000136. The molecule has 12 aromatic rings. The normalized spacial score (nSPS) is 16.6. The van der Waals surface area contributed by atoms with Gasteiger partial charge < -0.3 is 53.9 Å². The Kier molecular flexibility index (Phi) is 23.3. The molecule has 4 amide bonds. The van der Waals surface area contributed by atoms with Crippen molar-refractivity contribution in [3.63, 3.8) is 0 Å². The van der Waals surface area contributed by atoms with Crippen LogP contribution in [0.15, 0.2) is 197 Å². The van der Waals surface area contributed by atoms with E-state index in [0.717, 1.165) is 134 Å². The van der Waals surface area contributed by atoms with Crippen molar-refractivity contribution >= 4 is 86.5 Å². The zero-order chi connectivity index (χ0) is 85.6. The number of hydrogen-bond acceptors (Lipinski definition) is 13. The maximum Gasteiger partial charge on any atom is 0.254 e. The number of aliphatic hydroxyl groups is 1. The molecule has 1 aliphatic carbocycles. The minimum atomic E-state index is -0.575. The van der Waals surface area contributed by atoms with E-state index in [1.807, 2.05) is 79.3 Å². The topological polar surface area (TPSA) is 242 Å². The highest BCUT2D eigenvalue weighted by molar-refractivity contribution is 6.08. The van der Waals surface area contributed by atoms with E-state index in [9.17, 15) is 47.0 Å². The van der Waals surface area contributed by atoms with Crippen molar-refractivity contribution in [1.82, 2.24) is 34.6 Å². The summed E-state index contributed by atoms with van der Waals surface area (Å²) < 4.78 is 65.6. The third kappa shape index (κ3) is 16.4. The van der Waals surface area contributed by atoms with Crippen molar-refractivity contribution < 1.29 is 61.3 Å². The van der Waals surface area contributed by atoms with Crippen LogP contribution in [0.25, 0.3) is 83.2 Å². The highest BCUT2D eigenvalue weighted by atomic mass is 19.1. The Hall–Kier alpha value is -12.5. The minimum Gasteiger partial charge on any atom is -0.396 e. The molecule has 23 heteroatoms. The Bertz CT molecular complexity index is 6200. The number of aromatic nitrogens is 3. The second kappa shape index (κ2) is 34.2. The molecule has 9 aromatic carbocycles. The Morgan fingerprint density at radius 2 is 0.869 bits per heavy atom. The molecule has 0 bridgehead atoms. The van der Waals surface area contributed by atoms with Crippen molar-refractivity contribution in [2.45, 2.75) is 109 Å². The van der Waals surface area contributed by atoms with Gasteiger partial charge in [0.1, 0.15) is 17.5 Å². The summed E-state index contributed by atoms with van der Waals surface area (Å²) in [5.41, 5.74) is 21.6. The van der Waals surface area contributed by atoms with E-state index in [0.29, 0.717) is 95.0 Å². The summed E-state index contributed by atoms with van der Waals surface area (Å²) in [6.07, 6.45) is 7.18. The van der Waals surface area contributed by atoms with Gasteiger partial charge in [-0.05, 0) is 202 Å². The molecule has 1 saturated carbocycles. The van der Waals surface area contributed by atoms with Crippen molar-refractivity contribution in [3.05, 3.63) is 267 Å². The van der Waals surface area contributed by atoms with Gasteiger partial charge in [-0.2, -0.15) is 0 Å². The Morgan fingerprint density at radius 3 is 1.22 bits per heavy atom. The van der Waals surface area contributed by atoms with Gasteiger partial charge in [-0.15, -0.1) is 0 Å². The first-order valence-corrected chi connectivity index (χ1v) is 41.2. The van der Waals surface area contributed by atoms with Gasteiger partial charge in [-0.1, -0.05) is 90.1 Å². The summed E-state index contributed by atoms with van der Waals surface area (Å²) in [5.74, 6) is -1.58. The Morgan fingerprint density at radius 1 is 0.484 bits per heavy atom. The number of hydrogen-bond donors (Lipinski definition) is 4. The number of methoxy groups -OCH3 is 3. The van der Waals surface area contributed by atoms with Crippen LogP contribution in [0.5, 0.6) is 0 Å². The van der Waals surface area contributed by atoms with Gasteiger partial charge in [0.05, 0.1) is 68.6 Å². The molecular weight excluding hydrogens is 1550 g/mol. The van der Waals surface area contributed by atoms with Crippen LogP contribution in [0, 0.1) is 29.3 Å². The average molecular weight is 1640 g/mol. The lowest BCUT2D eigenvalue weighted by atomic mass is 9.84. The first-order valence-electron chi connectivity index (χ1n) is 41.2. The number of nitrogens with zero attached hydrogens (tertiary/aromatic N) is 7. The first-order chi connectivity index (χ1) is 58.7.